The number of benzene rings is 1. The van der Waals surface area contributed by atoms with Gasteiger partial charge in [0, 0.05) is 17.5 Å². The van der Waals surface area contributed by atoms with Gasteiger partial charge in [0.25, 0.3) is 0 Å². The zero-order valence-electron chi connectivity index (χ0n) is 12.0. The lowest BCUT2D eigenvalue weighted by atomic mass is 9.74. The fourth-order valence-electron chi connectivity index (χ4n) is 3.53. The van der Waals surface area contributed by atoms with E-state index in [1.54, 1.807) is 6.20 Å². The van der Waals surface area contributed by atoms with E-state index in [1.807, 2.05) is 30.3 Å². The molecule has 104 valence electrons. The molecule has 1 heterocycles. The van der Waals surface area contributed by atoms with Crippen LogP contribution in [0.1, 0.15) is 49.5 Å². The zero-order valence-corrected chi connectivity index (χ0v) is 12.0. The second kappa shape index (κ2) is 5.74. The van der Waals surface area contributed by atoms with Gasteiger partial charge in [-0.05, 0) is 30.2 Å². The van der Waals surface area contributed by atoms with Crippen molar-refractivity contribution in [3.05, 3.63) is 42.2 Å². The molecule has 20 heavy (non-hydrogen) atoms. The molecule has 1 aliphatic rings. The third-order valence-corrected chi connectivity index (χ3v) is 4.68. The molecule has 0 N–H and O–H groups in total. The summed E-state index contributed by atoms with van der Waals surface area (Å²) in [6, 6.07) is 10.0. The molecule has 2 atom stereocenters. The van der Waals surface area contributed by atoms with Crippen LogP contribution in [0.5, 0.6) is 0 Å². The summed E-state index contributed by atoms with van der Waals surface area (Å²) in [5, 5.41) is 2.11. The number of fused-ring (bicyclic) bond motifs is 1. The van der Waals surface area contributed by atoms with Crippen molar-refractivity contribution in [3.63, 3.8) is 0 Å². The molecular formula is C18H21NO. The van der Waals surface area contributed by atoms with Crippen LogP contribution in [0.3, 0.4) is 0 Å². The Labute approximate surface area is 120 Å². The summed E-state index contributed by atoms with van der Waals surface area (Å²) in [5.41, 5.74) is 0.674. The Morgan fingerprint density at radius 3 is 2.85 bits per heavy atom. The van der Waals surface area contributed by atoms with E-state index >= 15 is 0 Å². The van der Waals surface area contributed by atoms with Gasteiger partial charge in [0.05, 0.1) is 0 Å². The summed E-state index contributed by atoms with van der Waals surface area (Å²) in [6.07, 6.45) is 7.53. The number of hydrogen-bond donors (Lipinski definition) is 0. The quantitative estimate of drug-likeness (QED) is 0.759. The zero-order chi connectivity index (χ0) is 13.9. The predicted octanol–water partition coefficient (Wildman–Crippen LogP) is 4.63. The van der Waals surface area contributed by atoms with Crippen molar-refractivity contribution in [2.24, 2.45) is 11.8 Å². The summed E-state index contributed by atoms with van der Waals surface area (Å²) in [5.74, 6) is 0.970. The van der Waals surface area contributed by atoms with Crippen LogP contribution in [-0.2, 0) is 0 Å². The van der Waals surface area contributed by atoms with Gasteiger partial charge in [-0.2, -0.15) is 0 Å². The highest BCUT2D eigenvalue weighted by atomic mass is 16.1. The molecule has 1 aromatic heterocycles. The fraction of sp³-hybridized carbons (Fsp3) is 0.444. The van der Waals surface area contributed by atoms with Crippen molar-refractivity contribution in [1.29, 1.82) is 0 Å². The summed E-state index contributed by atoms with van der Waals surface area (Å²) >= 11 is 0. The van der Waals surface area contributed by atoms with Crippen molar-refractivity contribution in [1.82, 2.24) is 4.98 Å². The van der Waals surface area contributed by atoms with Crippen LogP contribution in [0.4, 0.5) is 0 Å². The van der Waals surface area contributed by atoms with Gasteiger partial charge in [0.1, 0.15) is 5.69 Å². The minimum absolute atomic E-state index is 0.173. The smallest absolute Gasteiger partial charge is 0.185 e. The Morgan fingerprint density at radius 2 is 2.00 bits per heavy atom. The molecule has 2 aromatic rings. The van der Waals surface area contributed by atoms with Crippen molar-refractivity contribution < 1.29 is 4.79 Å². The first-order valence-electron chi connectivity index (χ1n) is 7.69. The SMILES string of the molecule is CCC1CCCCC1C(=O)c1nccc2ccccc12. The Hall–Kier alpha value is -1.70. The summed E-state index contributed by atoms with van der Waals surface area (Å²) in [4.78, 5) is 17.3. The van der Waals surface area contributed by atoms with E-state index in [-0.39, 0.29) is 11.7 Å². The topological polar surface area (TPSA) is 30.0 Å². The van der Waals surface area contributed by atoms with Crippen LogP contribution in [0.15, 0.2) is 36.5 Å². The van der Waals surface area contributed by atoms with Crippen molar-refractivity contribution >= 4 is 16.6 Å². The highest BCUT2D eigenvalue weighted by Gasteiger charge is 2.31. The van der Waals surface area contributed by atoms with Crippen LogP contribution in [-0.4, -0.2) is 10.8 Å². The summed E-state index contributed by atoms with van der Waals surface area (Å²) in [6.45, 7) is 2.20. The Kier molecular flexibility index (Phi) is 3.81. The summed E-state index contributed by atoms with van der Waals surface area (Å²) in [7, 11) is 0. The lowest BCUT2D eigenvalue weighted by Crippen LogP contribution is -2.27. The number of hydrogen-bond acceptors (Lipinski definition) is 2. The Balaban J connectivity index is 1.99. The highest BCUT2D eigenvalue weighted by Crippen LogP contribution is 2.35. The van der Waals surface area contributed by atoms with Crippen LogP contribution < -0.4 is 0 Å². The lowest BCUT2D eigenvalue weighted by Gasteiger charge is -2.29. The van der Waals surface area contributed by atoms with Crippen LogP contribution >= 0.6 is 0 Å². The molecule has 2 nitrogen and oxygen atoms in total. The van der Waals surface area contributed by atoms with Crippen molar-refractivity contribution in [2.45, 2.75) is 39.0 Å². The molecule has 0 amide bonds. The van der Waals surface area contributed by atoms with Gasteiger partial charge in [-0.25, -0.2) is 0 Å². The fourth-order valence-corrected chi connectivity index (χ4v) is 3.53. The standard InChI is InChI=1S/C18H21NO/c1-2-13-7-3-6-10-16(13)18(20)17-15-9-5-4-8-14(15)11-12-19-17/h4-5,8-9,11-13,16H,2-3,6-7,10H2,1H3. The van der Waals surface area contributed by atoms with E-state index in [0.29, 0.717) is 11.6 Å². The molecule has 1 fully saturated rings. The normalized spacial score (nSPS) is 22.9. The van der Waals surface area contributed by atoms with E-state index in [1.165, 1.54) is 19.3 Å². The molecule has 2 heteroatoms. The minimum Gasteiger partial charge on any atom is -0.292 e. The first kappa shape index (κ1) is 13.3. The minimum atomic E-state index is 0.173. The predicted molar refractivity (Wildman–Crippen MR) is 81.8 cm³/mol. The number of Topliss-reactive ketones (excluding diaryl/α,β-unsaturated/α-hetero) is 1. The lowest BCUT2D eigenvalue weighted by molar-refractivity contribution is 0.0817. The maximum atomic E-state index is 12.9. The number of ketones is 1. The Bertz CT molecular complexity index is 614. The van der Waals surface area contributed by atoms with Crippen LogP contribution in [0, 0.1) is 11.8 Å². The first-order valence-corrected chi connectivity index (χ1v) is 7.69. The van der Waals surface area contributed by atoms with Crippen LogP contribution in [0.2, 0.25) is 0 Å². The van der Waals surface area contributed by atoms with E-state index in [9.17, 15) is 4.79 Å². The maximum absolute atomic E-state index is 12.9. The van der Waals surface area contributed by atoms with E-state index < -0.39 is 0 Å². The third kappa shape index (κ3) is 2.35. The molecule has 0 aliphatic heterocycles. The van der Waals surface area contributed by atoms with Crippen LogP contribution in [0.25, 0.3) is 10.8 Å². The Morgan fingerprint density at radius 1 is 1.20 bits per heavy atom. The highest BCUT2D eigenvalue weighted by molar-refractivity contribution is 6.07. The van der Waals surface area contributed by atoms with Gasteiger partial charge < -0.3 is 0 Å². The molecule has 0 spiro atoms. The number of rotatable bonds is 3. The largest absolute Gasteiger partial charge is 0.292 e. The van der Waals surface area contributed by atoms with Gasteiger partial charge in [-0.3, -0.25) is 9.78 Å². The monoisotopic (exact) mass is 267 g/mol. The molecule has 0 bridgehead atoms. The summed E-state index contributed by atoms with van der Waals surface area (Å²) < 4.78 is 0. The second-order valence-electron chi connectivity index (χ2n) is 5.80. The van der Waals surface area contributed by atoms with Gasteiger partial charge in [-0.1, -0.05) is 50.5 Å². The van der Waals surface area contributed by atoms with Gasteiger partial charge >= 0.3 is 0 Å². The maximum Gasteiger partial charge on any atom is 0.185 e. The number of carbonyl (C=O) groups is 1. The first-order chi connectivity index (χ1) is 9.81. The van der Waals surface area contributed by atoms with E-state index in [0.717, 1.165) is 23.6 Å². The van der Waals surface area contributed by atoms with Gasteiger partial charge in [0.2, 0.25) is 0 Å². The van der Waals surface area contributed by atoms with E-state index in [2.05, 4.69) is 11.9 Å². The molecular weight excluding hydrogens is 246 g/mol. The molecule has 1 aliphatic carbocycles. The molecule has 0 radical (unpaired) electrons. The van der Waals surface area contributed by atoms with Gasteiger partial charge in [-0.15, -0.1) is 0 Å². The second-order valence-corrected chi connectivity index (χ2v) is 5.80. The number of aromatic nitrogens is 1. The third-order valence-electron chi connectivity index (χ3n) is 4.68. The van der Waals surface area contributed by atoms with Gasteiger partial charge in [0.15, 0.2) is 5.78 Å². The van der Waals surface area contributed by atoms with Crippen molar-refractivity contribution in [2.75, 3.05) is 0 Å². The average Bonchev–Trinajstić information content (AvgIpc) is 2.53. The molecule has 1 aromatic carbocycles. The van der Waals surface area contributed by atoms with E-state index in [4.69, 9.17) is 0 Å². The molecule has 0 saturated heterocycles. The number of pyridine rings is 1. The average molecular weight is 267 g/mol. The molecule has 3 rings (SSSR count). The number of nitrogens with zero attached hydrogens (tertiary/aromatic N) is 1. The van der Waals surface area contributed by atoms with Crippen molar-refractivity contribution in [3.8, 4) is 0 Å². The number of carbonyl (C=O) groups excluding carboxylic acids is 1. The molecule has 1 saturated carbocycles. The molecule has 2 unspecified atom stereocenters.